The van der Waals surface area contributed by atoms with E-state index in [9.17, 15) is 9.59 Å². The van der Waals surface area contributed by atoms with Crippen LogP contribution in [0.3, 0.4) is 0 Å². The van der Waals surface area contributed by atoms with Gasteiger partial charge >= 0.3 is 5.97 Å². The molecule has 1 saturated carbocycles. The third kappa shape index (κ3) is 5.46. The van der Waals surface area contributed by atoms with Gasteiger partial charge in [-0.3, -0.25) is 14.4 Å². The SMILES string of the molecule is COc1ccc(C2(C(=O)Oc3ccccc3)CCC(C(=O)NOCc3ccccc3)CC2)cc1. The van der Waals surface area contributed by atoms with E-state index in [1.807, 2.05) is 72.8 Å². The van der Waals surface area contributed by atoms with Crippen molar-refractivity contribution >= 4 is 11.9 Å². The fraction of sp³-hybridized carbons (Fsp3) is 0.286. The summed E-state index contributed by atoms with van der Waals surface area (Å²) in [4.78, 5) is 31.6. The van der Waals surface area contributed by atoms with Crippen LogP contribution in [0.25, 0.3) is 0 Å². The summed E-state index contributed by atoms with van der Waals surface area (Å²) in [6.07, 6.45) is 2.11. The lowest BCUT2D eigenvalue weighted by Crippen LogP contribution is -2.45. The molecule has 3 aromatic rings. The molecule has 1 N–H and O–H groups in total. The Morgan fingerprint density at radius 1 is 0.853 bits per heavy atom. The zero-order chi connectivity index (χ0) is 23.8. The van der Waals surface area contributed by atoms with Gasteiger partial charge in [-0.1, -0.05) is 60.7 Å². The van der Waals surface area contributed by atoms with Crippen LogP contribution in [-0.2, 0) is 26.4 Å². The number of carbonyl (C=O) groups is 2. The summed E-state index contributed by atoms with van der Waals surface area (Å²) >= 11 is 0. The molecule has 34 heavy (non-hydrogen) atoms. The van der Waals surface area contributed by atoms with Crippen molar-refractivity contribution in [3.8, 4) is 11.5 Å². The highest BCUT2D eigenvalue weighted by Gasteiger charge is 2.46. The van der Waals surface area contributed by atoms with Gasteiger partial charge in [-0.05, 0) is 61.1 Å². The van der Waals surface area contributed by atoms with E-state index in [0.717, 1.165) is 16.9 Å². The second-order valence-corrected chi connectivity index (χ2v) is 8.53. The van der Waals surface area contributed by atoms with E-state index < -0.39 is 5.41 Å². The highest BCUT2D eigenvalue weighted by molar-refractivity contribution is 5.86. The van der Waals surface area contributed by atoms with E-state index in [1.165, 1.54) is 0 Å². The molecular weight excluding hydrogens is 430 g/mol. The average Bonchev–Trinajstić information content (AvgIpc) is 2.90. The highest BCUT2D eigenvalue weighted by atomic mass is 16.6. The largest absolute Gasteiger partial charge is 0.497 e. The predicted molar refractivity (Wildman–Crippen MR) is 128 cm³/mol. The number of esters is 1. The van der Waals surface area contributed by atoms with E-state index >= 15 is 0 Å². The van der Waals surface area contributed by atoms with Gasteiger partial charge in [-0.2, -0.15) is 0 Å². The topological polar surface area (TPSA) is 73.9 Å². The van der Waals surface area contributed by atoms with Gasteiger partial charge in [0.15, 0.2) is 0 Å². The summed E-state index contributed by atoms with van der Waals surface area (Å²) in [5.41, 5.74) is 3.60. The summed E-state index contributed by atoms with van der Waals surface area (Å²) in [5.74, 6) is 0.541. The first kappa shape index (κ1) is 23.5. The van der Waals surface area contributed by atoms with E-state index in [2.05, 4.69) is 5.48 Å². The highest BCUT2D eigenvalue weighted by Crippen LogP contribution is 2.43. The summed E-state index contributed by atoms with van der Waals surface area (Å²) in [6, 6.07) is 26.3. The molecule has 0 spiro atoms. The molecule has 0 saturated heterocycles. The number of hydrogen-bond donors (Lipinski definition) is 1. The Bertz CT molecular complexity index is 1070. The smallest absolute Gasteiger partial charge is 0.321 e. The number of benzene rings is 3. The van der Waals surface area contributed by atoms with Crippen molar-refractivity contribution < 1.29 is 23.9 Å². The normalized spacial score (nSPS) is 19.7. The minimum absolute atomic E-state index is 0.157. The van der Waals surface area contributed by atoms with Crippen LogP contribution < -0.4 is 15.0 Å². The molecule has 0 aliphatic heterocycles. The molecule has 0 radical (unpaired) electrons. The van der Waals surface area contributed by atoms with Crippen LogP contribution in [0.15, 0.2) is 84.9 Å². The molecule has 3 aromatic carbocycles. The van der Waals surface area contributed by atoms with Gasteiger partial charge in [-0.25, -0.2) is 5.48 Å². The van der Waals surface area contributed by atoms with Gasteiger partial charge in [0.05, 0.1) is 19.1 Å². The lowest BCUT2D eigenvalue weighted by molar-refractivity contribution is -0.146. The van der Waals surface area contributed by atoms with E-state index in [0.29, 0.717) is 38.0 Å². The van der Waals surface area contributed by atoms with Crippen molar-refractivity contribution in [1.29, 1.82) is 0 Å². The monoisotopic (exact) mass is 459 g/mol. The van der Waals surface area contributed by atoms with E-state index in [1.54, 1.807) is 19.2 Å². The maximum absolute atomic E-state index is 13.5. The number of rotatable bonds is 8. The number of ether oxygens (including phenoxy) is 2. The number of methoxy groups -OCH3 is 1. The molecule has 6 heteroatoms. The third-order valence-electron chi connectivity index (χ3n) is 6.45. The molecule has 1 aliphatic rings. The van der Waals surface area contributed by atoms with Crippen molar-refractivity contribution in [2.24, 2.45) is 5.92 Å². The number of para-hydroxylation sites is 1. The second-order valence-electron chi connectivity index (χ2n) is 8.53. The third-order valence-corrected chi connectivity index (χ3v) is 6.45. The van der Waals surface area contributed by atoms with Crippen LogP contribution >= 0.6 is 0 Å². The number of carbonyl (C=O) groups excluding carboxylic acids is 2. The Hall–Kier alpha value is -3.64. The lowest BCUT2D eigenvalue weighted by atomic mass is 9.66. The first-order valence-corrected chi connectivity index (χ1v) is 11.5. The van der Waals surface area contributed by atoms with Crippen LogP contribution in [0.5, 0.6) is 11.5 Å². The minimum atomic E-state index is -0.830. The van der Waals surface area contributed by atoms with Crippen molar-refractivity contribution in [2.45, 2.75) is 37.7 Å². The Balaban J connectivity index is 1.44. The van der Waals surface area contributed by atoms with Gasteiger partial charge in [-0.15, -0.1) is 0 Å². The van der Waals surface area contributed by atoms with Crippen LogP contribution in [0.4, 0.5) is 0 Å². The Labute approximate surface area is 199 Å². The molecule has 1 fully saturated rings. The molecule has 0 bridgehead atoms. The lowest BCUT2D eigenvalue weighted by Gasteiger charge is -2.38. The number of nitrogens with one attached hydrogen (secondary N) is 1. The van der Waals surface area contributed by atoms with Crippen LogP contribution in [-0.4, -0.2) is 19.0 Å². The van der Waals surface area contributed by atoms with Gasteiger partial charge in [0.2, 0.25) is 5.91 Å². The zero-order valence-corrected chi connectivity index (χ0v) is 19.2. The van der Waals surface area contributed by atoms with Crippen LogP contribution in [0.1, 0.15) is 36.8 Å². The molecule has 176 valence electrons. The summed E-state index contributed by atoms with van der Waals surface area (Å²) in [5, 5.41) is 0. The van der Waals surface area contributed by atoms with Crippen molar-refractivity contribution in [3.63, 3.8) is 0 Å². The Morgan fingerprint density at radius 3 is 2.09 bits per heavy atom. The van der Waals surface area contributed by atoms with Crippen LogP contribution in [0, 0.1) is 5.92 Å². The second kappa shape index (κ2) is 11.0. The molecule has 0 heterocycles. The minimum Gasteiger partial charge on any atom is -0.497 e. The van der Waals surface area contributed by atoms with Gasteiger partial charge in [0, 0.05) is 5.92 Å². The quantitative estimate of drug-likeness (QED) is 0.292. The fourth-order valence-electron chi connectivity index (χ4n) is 4.43. The maximum Gasteiger partial charge on any atom is 0.321 e. The zero-order valence-electron chi connectivity index (χ0n) is 19.2. The van der Waals surface area contributed by atoms with Crippen LogP contribution in [0.2, 0.25) is 0 Å². The molecule has 1 aliphatic carbocycles. The number of hydrogen-bond acceptors (Lipinski definition) is 5. The fourth-order valence-corrected chi connectivity index (χ4v) is 4.43. The molecule has 6 nitrogen and oxygen atoms in total. The molecule has 0 atom stereocenters. The molecule has 0 unspecified atom stereocenters. The van der Waals surface area contributed by atoms with Gasteiger partial charge in [0.25, 0.3) is 0 Å². The van der Waals surface area contributed by atoms with Crippen molar-refractivity contribution in [2.75, 3.05) is 7.11 Å². The molecular formula is C28H29NO5. The Kier molecular flexibility index (Phi) is 7.60. The number of hydroxylamine groups is 1. The Morgan fingerprint density at radius 2 is 1.47 bits per heavy atom. The first-order valence-electron chi connectivity index (χ1n) is 11.5. The summed E-state index contributed by atoms with van der Waals surface area (Å²) < 4.78 is 11.1. The average molecular weight is 460 g/mol. The standard InChI is InChI=1S/C28H29NO5/c1-32-24-14-12-23(13-15-24)28(27(31)34-25-10-6-3-7-11-25)18-16-22(17-19-28)26(30)29-33-20-21-8-4-2-5-9-21/h2-15,22H,16-20H2,1H3,(H,29,30). The van der Waals surface area contributed by atoms with Gasteiger partial charge in [0.1, 0.15) is 11.5 Å². The molecule has 1 amide bonds. The van der Waals surface area contributed by atoms with Gasteiger partial charge < -0.3 is 9.47 Å². The van der Waals surface area contributed by atoms with E-state index in [4.69, 9.17) is 14.3 Å². The summed E-state index contributed by atoms with van der Waals surface area (Å²) in [7, 11) is 1.61. The molecule has 4 rings (SSSR count). The first-order chi connectivity index (χ1) is 16.6. The predicted octanol–water partition coefficient (Wildman–Crippen LogP) is 4.98. The molecule has 0 aromatic heterocycles. The van der Waals surface area contributed by atoms with Crippen molar-refractivity contribution in [3.05, 3.63) is 96.1 Å². The van der Waals surface area contributed by atoms with E-state index in [-0.39, 0.29) is 17.8 Å². The number of amides is 1. The maximum atomic E-state index is 13.5. The van der Waals surface area contributed by atoms with Crippen molar-refractivity contribution in [1.82, 2.24) is 5.48 Å². The summed E-state index contributed by atoms with van der Waals surface area (Å²) in [6.45, 7) is 0.304.